The van der Waals surface area contributed by atoms with Gasteiger partial charge in [0.15, 0.2) is 0 Å². The molecule has 0 saturated carbocycles. The van der Waals surface area contributed by atoms with E-state index in [-0.39, 0.29) is 11.6 Å². The first-order valence-corrected chi connectivity index (χ1v) is 12.5. The van der Waals surface area contributed by atoms with E-state index in [1.807, 2.05) is 28.8 Å². The van der Waals surface area contributed by atoms with Gasteiger partial charge in [0.25, 0.3) is 5.56 Å². The number of piperidine rings is 1. The van der Waals surface area contributed by atoms with Gasteiger partial charge in [0.1, 0.15) is 11.0 Å². The number of carbonyl (C=O) groups is 2. The minimum absolute atomic E-state index is 0.0355. The number of benzene rings is 2. The Bertz CT molecular complexity index is 1670. The summed E-state index contributed by atoms with van der Waals surface area (Å²) in [6, 6.07) is 12.7. The second-order valence-electron chi connectivity index (χ2n) is 9.40. The highest BCUT2D eigenvalue weighted by Crippen LogP contribution is 2.30. The number of hydrogen-bond acceptors (Lipinski definition) is 6. The van der Waals surface area contributed by atoms with Crippen LogP contribution in [0.15, 0.2) is 47.3 Å². The van der Waals surface area contributed by atoms with Crippen LogP contribution in [0.4, 0.5) is 19.1 Å². The Labute approximate surface area is 230 Å². The number of carboxylic acids is 1. The van der Waals surface area contributed by atoms with Crippen molar-refractivity contribution in [2.45, 2.75) is 31.6 Å². The molecule has 0 bridgehead atoms. The molecule has 1 saturated heterocycles. The van der Waals surface area contributed by atoms with Crippen LogP contribution in [0.2, 0.25) is 5.02 Å². The van der Waals surface area contributed by atoms with Crippen molar-refractivity contribution in [2.75, 3.05) is 18.0 Å². The zero-order valence-corrected chi connectivity index (χ0v) is 22.0. The number of rotatable bonds is 4. The molecule has 1 atom stereocenters. The molecule has 0 aliphatic carbocycles. The Morgan fingerprint density at radius 3 is 2.48 bits per heavy atom. The largest absolute Gasteiger partial charge is 0.490 e. The minimum atomic E-state index is -5.08. The summed E-state index contributed by atoms with van der Waals surface area (Å²) in [5, 5.41) is 8.44. The molecule has 10 nitrogen and oxygen atoms in total. The van der Waals surface area contributed by atoms with Crippen LogP contribution in [0.3, 0.4) is 0 Å². The Hall–Kier alpha value is -4.10. The van der Waals surface area contributed by atoms with Gasteiger partial charge < -0.3 is 30.6 Å². The quantitative estimate of drug-likeness (QED) is 0.336. The number of aromatic nitrogens is 3. The van der Waals surface area contributed by atoms with Crippen LogP contribution in [0.5, 0.6) is 0 Å². The number of nitrogens with zero attached hydrogens (tertiary/aromatic N) is 4. The number of hydrogen-bond donors (Lipinski definition) is 3. The number of halogens is 4. The summed E-state index contributed by atoms with van der Waals surface area (Å²) in [5.74, 6) is -2.61. The SMILES string of the molecule is Cn1c(=O)c2c(nc(N3CCC[C@@H](N)C3)n2Cc2ccccc2Cl)c2cc(C(N)=O)ccc21.O=C(O)C(F)(F)F. The van der Waals surface area contributed by atoms with Gasteiger partial charge in [-0.3, -0.25) is 9.59 Å². The first kappa shape index (κ1) is 28.9. The maximum atomic E-state index is 13.6. The summed E-state index contributed by atoms with van der Waals surface area (Å²) in [6.07, 6.45) is -3.19. The van der Waals surface area contributed by atoms with Crippen LogP contribution in [0, 0.1) is 0 Å². The molecule has 5 rings (SSSR count). The van der Waals surface area contributed by atoms with E-state index in [2.05, 4.69) is 4.90 Å². The van der Waals surface area contributed by atoms with Gasteiger partial charge in [-0.2, -0.15) is 13.2 Å². The summed E-state index contributed by atoms with van der Waals surface area (Å²) >= 11 is 6.47. The average Bonchev–Trinajstić information content (AvgIpc) is 3.27. The number of imidazole rings is 1. The molecule has 1 aliphatic heterocycles. The smallest absolute Gasteiger partial charge is 0.475 e. The number of nitrogens with two attached hydrogens (primary N) is 2. The van der Waals surface area contributed by atoms with Gasteiger partial charge in [-0.05, 0) is 42.7 Å². The lowest BCUT2D eigenvalue weighted by Crippen LogP contribution is -2.44. The lowest BCUT2D eigenvalue weighted by molar-refractivity contribution is -0.192. The fraction of sp³-hybridized carbons (Fsp3) is 0.308. The zero-order chi connectivity index (χ0) is 29.4. The Balaban J connectivity index is 0.000000470. The third kappa shape index (κ3) is 5.75. The van der Waals surface area contributed by atoms with Gasteiger partial charge in [-0.15, -0.1) is 0 Å². The molecule has 4 aromatic rings. The topological polar surface area (TPSA) is 149 Å². The van der Waals surface area contributed by atoms with Crippen molar-refractivity contribution >= 4 is 51.4 Å². The highest BCUT2D eigenvalue weighted by molar-refractivity contribution is 6.31. The minimum Gasteiger partial charge on any atom is -0.475 e. The van der Waals surface area contributed by atoms with Crippen molar-refractivity contribution in [2.24, 2.45) is 18.5 Å². The van der Waals surface area contributed by atoms with Crippen LogP contribution in [0.25, 0.3) is 21.9 Å². The number of pyridine rings is 1. The number of carboxylic acid groups (broad SMARTS) is 1. The van der Waals surface area contributed by atoms with Gasteiger partial charge >= 0.3 is 12.1 Å². The maximum Gasteiger partial charge on any atom is 0.490 e. The molecule has 1 aliphatic rings. The number of aliphatic carboxylic acids is 1. The Morgan fingerprint density at radius 1 is 1.20 bits per heavy atom. The molecule has 1 fully saturated rings. The molecule has 40 heavy (non-hydrogen) atoms. The summed E-state index contributed by atoms with van der Waals surface area (Å²) < 4.78 is 35.2. The Kier molecular flexibility index (Phi) is 8.08. The number of carbonyl (C=O) groups excluding carboxylic acids is 1. The molecule has 3 heterocycles. The molecule has 1 amide bonds. The van der Waals surface area contributed by atoms with E-state index in [0.29, 0.717) is 51.6 Å². The van der Waals surface area contributed by atoms with E-state index in [4.69, 9.17) is 38.0 Å². The van der Waals surface area contributed by atoms with Crippen molar-refractivity contribution in [1.82, 2.24) is 14.1 Å². The summed E-state index contributed by atoms with van der Waals surface area (Å²) in [6.45, 7) is 1.83. The van der Waals surface area contributed by atoms with Gasteiger partial charge in [0.05, 0.1) is 12.1 Å². The van der Waals surface area contributed by atoms with Crippen LogP contribution < -0.4 is 21.9 Å². The second kappa shape index (κ2) is 11.2. The third-order valence-electron chi connectivity index (χ3n) is 6.62. The molecule has 14 heteroatoms. The molecular formula is C26H26ClF3N6O4. The average molecular weight is 579 g/mol. The molecule has 2 aromatic carbocycles. The lowest BCUT2D eigenvalue weighted by Gasteiger charge is -2.32. The summed E-state index contributed by atoms with van der Waals surface area (Å²) in [7, 11) is 1.72. The third-order valence-corrected chi connectivity index (χ3v) is 6.99. The number of fused-ring (bicyclic) bond motifs is 3. The van der Waals surface area contributed by atoms with Crippen molar-refractivity contribution in [3.8, 4) is 0 Å². The monoisotopic (exact) mass is 578 g/mol. The molecule has 212 valence electrons. The van der Waals surface area contributed by atoms with E-state index in [1.54, 1.807) is 29.8 Å². The number of primary amides is 1. The van der Waals surface area contributed by atoms with E-state index < -0.39 is 18.1 Å². The first-order chi connectivity index (χ1) is 18.8. The van der Waals surface area contributed by atoms with Crippen LogP contribution in [-0.4, -0.2) is 56.4 Å². The van der Waals surface area contributed by atoms with Gasteiger partial charge in [-0.1, -0.05) is 29.8 Å². The lowest BCUT2D eigenvalue weighted by atomic mass is 10.1. The summed E-state index contributed by atoms with van der Waals surface area (Å²) in [4.78, 5) is 41.4. The highest BCUT2D eigenvalue weighted by Gasteiger charge is 2.38. The standard InChI is InChI=1S/C24H25ClN6O2.C2HF3O2/c1-29-19-9-8-14(22(27)32)11-17(19)20-21(23(29)33)31(12-15-5-2-3-7-18(15)25)24(28-20)30-10-4-6-16(26)13-30;3-2(4,5)1(6)7/h2-3,5,7-9,11,16H,4,6,10,12-13,26H2,1H3,(H2,27,32);(H,6,7)/t16-;/m1./s1. The normalized spacial score (nSPS) is 15.7. The number of aryl methyl sites for hydroxylation is 1. The van der Waals surface area contributed by atoms with Crippen molar-refractivity contribution in [3.63, 3.8) is 0 Å². The van der Waals surface area contributed by atoms with Gasteiger partial charge in [0.2, 0.25) is 11.9 Å². The zero-order valence-electron chi connectivity index (χ0n) is 21.3. The van der Waals surface area contributed by atoms with Crippen molar-refractivity contribution in [1.29, 1.82) is 0 Å². The Morgan fingerprint density at radius 2 is 1.88 bits per heavy atom. The number of anilines is 1. The van der Waals surface area contributed by atoms with Crippen LogP contribution in [0.1, 0.15) is 28.8 Å². The van der Waals surface area contributed by atoms with E-state index >= 15 is 0 Å². The second-order valence-corrected chi connectivity index (χ2v) is 9.81. The molecule has 5 N–H and O–H groups in total. The predicted molar refractivity (Wildman–Crippen MR) is 145 cm³/mol. The van der Waals surface area contributed by atoms with E-state index in [1.165, 1.54) is 0 Å². The molecule has 0 radical (unpaired) electrons. The molecule has 2 aromatic heterocycles. The molecule has 0 spiro atoms. The van der Waals surface area contributed by atoms with E-state index in [0.717, 1.165) is 24.9 Å². The first-order valence-electron chi connectivity index (χ1n) is 12.2. The number of alkyl halides is 3. The van der Waals surface area contributed by atoms with Crippen molar-refractivity contribution < 1.29 is 27.9 Å². The fourth-order valence-corrected chi connectivity index (χ4v) is 4.86. The van der Waals surface area contributed by atoms with Gasteiger partial charge in [-0.25, -0.2) is 9.78 Å². The van der Waals surface area contributed by atoms with E-state index in [9.17, 15) is 22.8 Å². The number of amides is 1. The predicted octanol–water partition coefficient (Wildman–Crippen LogP) is 3.25. The fourth-order valence-electron chi connectivity index (χ4n) is 4.67. The maximum absolute atomic E-state index is 13.6. The summed E-state index contributed by atoms with van der Waals surface area (Å²) in [5.41, 5.74) is 14.6. The van der Waals surface area contributed by atoms with Crippen LogP contribution in [-0.2, 0) is 18.4 Å². The molecular weight excluding hydrogens is 553 g/mol. The highest BCUT2D eigenvalue weighted by atomic mass is 35.5. The van der Waals surface area contributed by atoms with Crippen LogP contribution >= 0.6 is 11.6 Å². The molecule has 0 unspecified atom stereocenters. The van der Waals surface area contributed by atoms with Gasteiger partial charge in [0, 0.05) is 42.2 Å². The van der Waals surface area contributed by atoms with Crippen molar-refractivity contribution in [3.05, 3.63) is 69.0 Å².